The molecule has 0 aliphatic carbocycles. The lowest BCUT2D eigenvalue weighted by Crippen LogP contribution is -2.47. The first-order valence-corrected chi connectivity index (χ1v) is 7.21. The van der Waals surface area contributed by atoms with Crippen molar-refractivity contribution in [3.63, 3.8) is 0 Å². The highest BCUT2D eigenvalue weighted by atomic mass is 16.4. The van der Waals surface area contributed by atoms with Crippen molar-refractivity contribution in [3.8, 4) is 0 Å². The van der Waals surface area contributed by atoms with Crippen molar-refractivity contribution >= 4 is 17.6 Å². The third-order valence-electron chi connectivity index (χ3n) is 4.10. The van der Waals surface area contributed by atoms with Gasteiger partial charge in [0.25, 0.3) is 5.91 Å². The number of piperidine rings is 1. The van der Waals surface area contributed by atoms with Gasteiger partial charge in [0.15, 0.2) is 0 Å². The predicted molar refractivity (Wildman–Crippen MR) is 81.6 cm³/mol. The van der Waals surface area contributed by atoms with Gasteiger partial charge >= 0.3 is 5.97 Å². The molecule has 0 bridgehead atoms. The summed E-state index contributed by atoms with van der Waals surface area (Å²) in [5.74, 6) is -1.36. The van der Waals surface area contributed by atoms with Crippen LogP contribution in [0.15, 0.2) is 24.3 Å². The van der Waals surface area contributed by atoms with Crippen LogP contribution >= 0.6 is 0 Å². The smallest absolute Gasteiger partial charge is 0.308 e. The molecule has 1 heterocycles. The van der Waals surface area contributed by atoms with Gasteiger partial charge in [-0.05, 0) is 38.0 Å². The third kappa shape index (κ3) is 3.35. The Morgan fingerprint density at radius 2 is 2.00 bits per heavy atom. The van der Waals surface area contributed by atoms with Gasteiger partial charge in [0.2, 0.25) is 0 Å². The monoisotopic (exact) mass is 290 g/mol. The minimum absolute atomic E-state index is 0.0797. The molecule has 2 unspecified atom stereocenters. The molecule has 21 heavy (non-hydrogen) atoms. The lowest BCUT2D eigenvalue weighted by Gasteiger charge is -2.36. The number of anilines is 1. The van der Waals surface area contributed by atoms with E-state index in [0.717, 1.165) is 12.1 Å². The maximum atomic E-state index is 12.7. The molecule has 1 aliphatic heterocycles. The zero-order valence-corrected chi connectivity index (χ0v) is 12.7. The van der Waals surface area contributed by atoms with Gasteiger partial charge in [0.1, 0.15) is 0 Å². The van der Waals surface area contributed by atoms with Gasteiger partial charge in [-0.25, -0.2) is 0 Å². The van der Waals surface area contributed by atoms with Gasteiger partial charge in [0.05, 0.1) is 5.92 Å². The molecule has 2 rings (SSSR count). The fraction of sp³-hybridized carbons (Fsp3) is 0.500. The van der Waals surface area contributed by atoms with E-state index in [1.165, 1.54) is 0 Å². The van der Waals surface area contributed by atoms with Crippen molar-refractivity contribution in [2.24, 2.45) is 5.92 Å². The molecule has 0 spiro atoms. The molecule has 114 valence electrons. The molecule has 0 saturated carbocycles. The summed E-state index contributed by atoms with van der Waals surface area (Å²) in [6, 6.07) is 7.50. The normalized spacial score (nSPS) is 22.0. The van der Waals surface area contributed by atoms with Crippen LogP contribution in [0.2, 0.25) is 0 Å². The highest BCUT2D eigenvalue weighted by molar-refractivity contribution is 5.95. The van der Waals surface area contributed by atoms with E-state index in [-0.39, 0.29) is 11.9 Å². The van der Waals surface area contributed by atoms with E-state index >= 15 is 0 Å². The fourth-order valence-electron chi connectivity index (χ4n) is 2.67. The molecule has 1 aromatic carbocycles. The zero-order valence-electron chi connectivity index (χ0n) is 12.7. The van der Waals surface area contributed by atoms with Gasteiger partial charge in [-0.2, -0.15) is 0 Å². The summed E-state index contributed by atoms with van der Waals surface area (Å²) >= 11 is 0. The lowest BCUT2D eigenvalue weighted by atomic mass is 9.93. The van der Waals surface area contributed by atoms with Gasteiger partial charge in [-0.1, -0.05) is 6.07 Å². The molecule has 5 heteroatoms. The van der Waals surface area contributed by atoms with E-state index in [1.807, 2.05) is 44.1 Å². The molecular formula is C16H22N2O3. The first-order valence-electron chi connectivity index (χ1n) is 7.21. The van der Waals surface area contributed by atoms with E-state index < -0.39 is 11.9 Å². The number of carbonyl (C=O) groups is 2. The van der Waals surface area contributed by atoms with Crippen LogP contribution in [-0.4, -0.2) is 48.6 Å². The van der Waals surface area contributed by atoms with Crippen molar-refractivity contribution in [3.05, 3.63) is 29.8 Å². The largest absolute Gasteiger partial charge is 0.481 e. The van der Waals surface area contributed by atoms with Gasteiger partial charge in [0, 0.05) is 37.9 Å². The number of amides is 1. The number of hydrogen-bond donors (Lipinski definition) is 1. The average Bonchev–Trinajstić information content (AvgIpc) is 2.47. The van der Waals surface area contributed by atoms with Crippen LogP contribution in [0.3, 0.4) is 0 Å². The number of likely N-dealkylation sites (tertiary alicyclic amines) is 1. The van der Waals surface area contributed by atoms with Crippen LogP contribution in [0.1, 0.15) is 30.1 Å². The maximum Gasteiger partial charge on any atom is 0.308 e. The van der Waals surface area contributed by atoms with Crippen LogP contribution in [0.4, 0.5) is 5.69 Å². The Kier molecular flexibility index (Phi) is 4.50. The van der Waals surface area contributed by atoms with E-state index in [9.17, 15) is 9.59 Å². The Balaban J connectivity index is 2.21. The Labute approximate surface area is 125 Å². The zero-order chi connectivity index (χ0) is 15.6. The molecule has 0 radical (unpaired) electrons. The van der Waals surface area contributed by atoms with Crippen molar-refractivity contribution in [1.29, 1.82) is 0 Å². The standard InChI is InChI=1S/C16H22N2O3/c1-11-7-8-13(16(20)21)10-18(11)15(19)12-5-4-6-14(9-12)17(2)3/h4-6,9,11,13H,7-8,10H2,1-3H3,(H,20,21). The Morgan fingerprint density at radius 3 is 2.62 bits per heavy atom. The third-order valence-corrected chi connectivity index (χ3v) is 4.10. The Morgan fingerprint density at radius 1 is 1.29 bits per heavy atom. The number of carbonyl (C=O) groups excluding carboxylic acids is 1. The van der Waals surface area contributed by atoms with E-state index in [4.69, 9.17) is 5.11 Å². The average molecular weight is 290 g/mol. The fourth-order valence-corrected chi connectivity index (χ4v) is 2.67. The molecule has 1 saturated heterocycles. The summed E-state index contributed by atoms with van der Waals surface area (Å²) in [5, 5.41) is 9.17. The molecule has 1 N–H and O–H groups in total. The summed E-state index contributed by atoms with van der Waals surface area (Å²) in [4.78, 5) is 27.5. The lowest BCUT2D eigenvalue weighted by molar-refractivity contribution is -0.143. The Hall–Kier alpha value is -2.04. The van der Waals surface area contributed by atoms with E-state index in [1.54, 1.807) is 11.0 Å². The number of nitrogens with zero attached hydrogens (tertiary/aromatic N) is 2. The van der Waals surface area contributed by atoms with Crippen molar-refractivity contribution in [1.82, 2.24) is 4.90 Å². The van der Waals surface area contributed by atoms with Crippen molar-refractivity contribution in [2.45, 2.75) is 25.8 Å². The summed E-state index contributed by atoms with van der Waals surface area (Å²) in [6.07, 6.45) is 1.37. The van der Waals surface area contributed by atoms with Gasteiger partial charge in [-0.15, -0.1) is 0 Å². The van der Waals surface area contributed by atoms with Crippen LogP contribution in [-0.2, 0) is 4.79 Å². The highest BCUT2D eigenvalue weighted by Crippen LogP contribution is 2.25. The second kappa shape index (κ2) is 6.16. The molecule has 1 aromatic rings. The molecule has 2 atom stereocenters. The topological polar surface area (TPSA) is 60.9 Å². The molecule has 1 amide bonds. The summed E-state index contributed by atoms with van der Waals surface area (Å²) in [6.45, 7) is 2.27. The van der Waals surface area contributed by atoms with Crippen LogP contribution in [0.25, 0.3) is 0 Å². The molecule has 1 aliphatic rings. The van der Waals surface area contributed by atoms with Crippen molar-refractivity contribution in [2.75, 3.05) is 25.5 Å². The number of benzene rings is 1. The highest BCUT2D eigenvalue weighted by Gasteiger charge is 2.32. The first kappa shape index (κ1) is 15.4. The molecular weight excluding hydrogens is 268 g/mol. The van der Waals surface area contributed by atoms with Crippen molar-refractivity contribution < 1.29 is 14.7 Å². The molecule has 5 nitrogen and oxygen atoms in total. The second-order valence-corrected chi connectivity index (χ2v) is 5.86. The van der Waals surface area contributed by atoms with Crippen LogP contribution in [0.5, 0.6) is 0 Å². The number of carboxylic acids is 1. The van der Waals surface area contributed by atoms with Gasteiger partial charge < -0.3 is 14.9 Å². The van der Waals surface area contributed by atoms with E-state index in [0.29, 0.717) is 18.5 Å². The van der Waals surface area contributed by atoms with Crippen LogP contribution < -0.4 is 4.90 Å². The number of hydrogen-bond acceptors (Lipinski definition) is 3. The number of carboxylic acid groups (broad SMARTS) is 1. The van der Waals surface area contributed by atoms with Crippen LogP contribution in [0, 0.1) is 5.92 Å². The SMILES string of the molecule is CC1CCC(C(=O)O)CN1C(=O)c1cccc(N(C)C)c1. The second-order valence-electron chi connectivity index (χ2n) is 5.86. The molecule has 1 fully saturated rings. The number of aliphatic carboxylic acids is 1. The summed E-state index contributed by atoms with van der Waals surface area (Å²) < 4.78 is 0. The minimum Gasteiger partial charge on any atom is -0.481 e. The summed E-state index contributed by atoms with van der Waals surface area (Å²) in [5.41, 5.74) is 1.57. The summed E-state index contributed by atoms with van der Waals surface area (Å²) in [7, 11) is 3.85. The van der Waals surface area contributed by atoms with E-state index in [2.05, 4.69) is 0 Å². The Bertz CT molecular complexity index is 542. The predicted octanol–water partition coefficient (Wildman–Crippen LogP) is 2.08. The first-order chi connectivity index (χ1) is 9.90. The maximum absolute atomic E-state index is 12.7. The molecule has 0 aromatic heterocycles. The quantitative estimate of drug-likeness (QED) is 0.926. The minimum atomic E-state index is -0.818. The number of rotatable bonds is 3. The van der Waals surface area contributed by atoms with Gasteiger partial charge in [-0.3, -0.25) is 9.59 Å².